The Morgan fingerprint density at radius 3 is 1.45 bits per heavy atom. The molecule has 0 heterocycles. The van der Waals surface area contributed by atoms with Crippen molar-refractivity contribution < 1.29 is 32.6 Å². The third-order valence-corrected chi connectivity index (χ3v) is 15.4. The highest BCUT2D eigenvalue weighted by molar-refractivity contribution is 6.27. The molecule has 14 aliphatic rings. The maximum atomic E-state index is 12.7. The minimum Gasteiger partial charge on any atom is -0.452 e. The topological polar surface area (TPSA) is 102 Å². The van der Waals surface area contributed by atoms with Crippen LogP contribution in [-0.4, -0.2) is 51.3 Å². The highest BCUT2D eigenvalue weighted by Gasteiger charge is 2.72. The van der Waals surface area contributed by atoms with Gasteiger partial charge < -0.3 is 20.9 Å². The maximum Gasteiger partial charge on any atom is 0.490 e. The number of esters is 1. The van der Waals surface area contributed by atoms with Gasteiger partial charge in [-0.05, 0) is 148 Å². The van der Waals surface area contributed by atoms with E-state index in [1.165, 1.54) is 19.3 Å². The van der Waals surface area contributed by atoms with Crippen LogP contribution in [-0.2, 0) is 14.3 Å². The van der Waals surface area contributed by atoms with Crippen molar-refractivity contribution in [2.24, 2.45) is 76.7 Å². The number of aliphatic hydroxyl groups is 1. The molecule has 0 aromatic carbocycles. The summed E-state index contributed by atoms with van der Waals surface area (Å²) in [6.45, 7) is 0. The summed E-state index contributed by atoms with van der Waals surface area (Å²) < 4.78 is 43.3. The Morgan fingerprint density at radius 2 is 1.07 bits per heavy atom. The first-order chi connectivity index (χ1) is 19.7. The Bertz CT molecular complexity index is 1080. The lowest BCUT2D eigenvalue weighted by Gasteiger charge is -2.74. The van der Waals surface area contributed by atoms with Gasteiger partial charge >= 0.3 is 12.1 Å². The SMILES string of the molecule is NC12CC3C4CC5(O)CC3C(C1)C(C5)C4C2.O=C(CCl)NC12CC3C4CC5(OC(=O)C(F)(F)F)CC3C(C1)C(C5)C4C2. The maximum absolute atomic E-state index is 12.7. The number of ether oxygens (including phenoxy) is 1. The Morgan fingerprint density at radius 1 is 0.714 bits per heavy atom. The molecule has 0 atom stereocenters. The van der Waals surface area contributed by atoms with Gasteiger partial charge in [-0.25, -0.2) is 4.79 Å². The third-order valence-electron chi connectivity index (χ3n) is 15.1. The lowest BCUT2D eigenvalue weighted by atomic mass is 9.33. The van der Waals surface area contributed by atoms with E-state index in [1.807, 2.05) is 0 Å². The molecule has 6 nitrogen and oxygen atoms in total. The number of halogens is 4. The summed E-state index contributed by atoms with van der Waals surface area (Å²) in [5.41, 5.74) is 5.42. The highest BCUT2D eigenvalue weighted by atomic mass is 35.5. The van der Waals surface area contributed by atoms with E-state index in [-0.39, 0.29) is 28.5 Å². The zero-order valence-electron chi connectivity index (χ0n) is 23.9. The molecule has 4 N–H and O–H groups in total. The van der Waals surface area contributed by atoms with Gasteiger partial charge in [0.05, 0.1) is 5.60 Å². The molecule has 14 aliphatic carbocycles. The van der Waals surface area contributed by atoms with Crippen LogP contribution >= 0.6 is 11.6 Å². The predicted molar refractivity (Wildman–Crippen MR) is 146 cm³/mol. The second kappa shape index (κ2) is 8.20. The normalized spacial score (nSPS) is 59.2. The summed E-state index contributed by atoms with van der Waals surface area (Å²) in [5, 5.41) is 13.8. The number of amides is 1. The van der Waals surface area contributed by atoms with Crippen LogP contribution in [0.25, 0.3) is 0 Å². The fraction of sp³-hybridized carbons (Fsp3) is 0.938. The van der Waals surface area contributed by atoms with Gasteiger partial charge in [-0.2, -0.15) is 13.2 Å². The molecule has 0 saturated heterocycles. The smallest absolute Gasteiger partial charge is 0.452 e. The summed E-state index contributed by atoms with van der Waals surface area (Å²) in [6, 6.07) is 0. The largest absolute Gasteiger partial charge is 0.490 e. The van der Waals surface area contributed by atoms with Crippen LogP contribution in [0.1, 0.15) is 77.0 Å². The van der Waals surface area contributed by atoms with Gasteiger partial charge in [0, 0.05) is 11.1 Å². The van der Waals surface area contributed by atoms with Crippen molar-refractivity contribution in [2.75, 3.05) is 5.88 Å². The molecule has 0 unspecified atom stereocenters. The van der Waals surface area contributed by atoms with Gasteiger partial charge in [0.1, 0.15) is 11.5 Å². The van der Waals surface area contributed by atoms with Crippen LogP contribution in [0.15, 0.2) is 0 Å². The van der Waals surface area contributed by atoms with Gasteiger partial charge in [0.15, 0.2) is 0 Å². The average molecular weight is 611 g/mol. The summed E-state index contributed by atoms with van der Waals surface area (Å²) in [5.74, 6) is 5.15. The Kier molecular flexibility index (Phi) is 5.32. The number of nitrogens with two attached hydrogens (primary N) is 1. The van der Waals surface area contributed by atoms with Gasteiger partial charge in [0.25, 0.3) is 0 Å². The van der Waals surface area contributed by atoms with E-state index in [0.29, 0.717) is 54.8 Å². The number of rotatable bonds is 3. The molecule has 1 amide bonds. The molecule has 42 heavy (non-hydrogen) atoms. The first kappa shape index (κ1) is 27.3. The Balaban J connectivity index is 0.000000132. The van der Waals surface area contributed by atoms with Gasteiger partial charge in [0.2, 0.25) is 5.91 Å². The number of nitrogens with one attached hydrogen (secondary N) is 1. The van der Waals surface area contributed by atoms with Crippen LogP contribution in [0.3, 0.4) is 0 Å². The minimum atomic E-state index is -4.93. The molecule has 0 spiro atoms. The highest BCUT2D eigenvalue weighted by Crippen LogP contribution is 2.74. The molecule has 14 saturated carbocycles. The van der Waals surface area contributed by atoms with Crippen molar-refractivity contribution in [1.82, 2.24) is 5.32 Å². The molecule has 16 bridgehead atoms. The van der Waals surface area contributed by atoms with Crippen molar-refractivity contribution in [3.8, 4) is 0 Å². The molecular weight excluding hydrogens is 569 g/mol. The lowest BCUT2D eigenvalue weighted by molar-refractivity contribution is -0.280. The van der Waals surface area contributed by atoms with E-state index in [4.69, 9.17) is 22.1 Å². The van der Waals surface area contributed by atoms with Gasteiger partial charge in [-0.1, -0.05) is 0 Å². The second-order valence-electron chi connectivity index (χ2n) is 17.0. The molecule has 0 aromatic heterocycles. The first-order valence-electron chi connectivity index (χ1n) is 16.4. The van der Waals surface area contributed by atoms with E-state index in [1.54, 1.807) is 0 Å². The Hall–Kier alpha value is -1.06. The molecule has 0 aliphatic heterocycles. The summed E-state index contributed by atoms with van der Waals surface area (Å²) in [4.78, 5) is 23.4. The van der Waals surface area contributed by atoms with E-state index in [0.717, 1.165) is 74.0 Å². The number of carbonyl (C=O) groups excluding carboxylic acids is 2. The number of hydrogen-bond acceptors (Lipinski definition) is 5. The van der Waals surface area contributed by atoms with Crippen LogP contribution in [0.2, 0.25) is 0 Å². The summed E-state index contributed by atoms with van der Waals surface area (Å²) in [6.07, 6.45) is 6.51. The molecule has 10 heteroatoms. The molecular formula is C32H42ClF3N2O4. The molecule has 232 valence electrons. The molecule has 0 aromatic rings. The van der Waals surface area contributed by atoms with Crippen molar-refractivity contribution in [2.45, 2.75) is 106 Å². The quantitative estimate of drug-likeness (QED) is 0.322. The van der Waals surface area contributed by atoms with Crippen molar-refractivity contribution >= 4 is 23.5 Å². The molecule has 0 radical (unpaired) electrons. The monoisotopic (exact) mass is 610 g/mol. The van der Waals surface area contributed by atoms with E-state index >= 15 is 0 Å². The number of hydrogen-bond donors (Lipinski definition) is 3. The predicted octanol–water partition coefficient (Wildman–Crippen LogP) is 4.55. The summed E-state index contributed by atoms with van der Waals surface area (Å²) >= 11 is 5.68. The zero-order valence-corrected chi connectivity index (χ0v) is 24.6. The minimum absolute atomic E-state index is 0.0471. The van der Waals surface area contributed by atoms with Gasteiger partial charge in [-0.3, -0.25) is 4.79 Å². The standard InChI is InChI=1S/C18H21ClF3NO3.C14H21NO/c19-7-14(24)23-16-1-8-11-4-17(26-15(25)18(20,21)22)5-12(8)10(3-16)13(6-17)9(11)2-16;15-13-1-7-10-4-14(16)5-11(7)9(3-13)12(6-14)8(10)2-13/h8-13H,1-7H2,(H,23,24);7-12,16H,1-6,15H2. The fourth-order valence-electron chi connectivity index (χ4n) is 14.7. The second-order valence-corrected chi connectivity index (χ2v) is 17.3. The van der Waals surface area contributed by atoms with Crippen LogP contribution in [0, 0.1) is 71.0 Å². The fourth-order valence-corrected chi connectivity index (χ4v) is 14.7. The lowest BCUT2D eigenvalue weighted by Crippen LogP contribution is -2.74. The number of carbonyl (C=O) groups is 2. The zero-order chi connectivity index (χ0) is 29.2. The van der Waals surface area contributed by atoms with E-state index in [9.17, 15) is 27.9 Å². The van der Waals surface area contributed by atoms with Crippen LogP contribution in [0.4, 0.5) is 13.2 Å². The summed E-state index contributed by atoms with van der Waals surface area (Å²) in [7, 11) is 0. The number of alkyl halides is 4. The third kappa shape index (κ3) is 3.59. The van der Waals surface area contributed by atoms with Crippen LogP contribution in [0.5, 0.6) is 0 Å². The van der Waals surface area contributed by atoms with Crippen molar-refractivity contribution in [3.63, 3.8) is 0 Å². The average Bonchev–Trinajstić information content (AvgIpc) is 2.92. The molecule has 14 rings (SSSR count). The van der Waals surface area contributed by atoms with E-state index < -0.39 is 17.7 Å². The van der Waals surface area contributed by atoms with Crippen molar-refractivity contribution in [3.05, 3.63) is 0 Å². The Labute approximate surface area is 249 Å². The molecule has 14 fully saturated rings. The van der Waals surface area contributed by atoms with E-state index in [2.05, 4.69) is 5.32 Å². The van der Waals surface area contributed by atoms with Crippen molar-refractivity contribution in [1.29, 1.82) is 0 Å². The first-order valence-corrected chi connectivity index (χ1v) is 16.9. The van der Waals surface area contributed by atoms with Crippen LogP contribution < -0.4 is 11.1 Å². The van der Waals surface area contributed by atoms with Gasteiger partial charge in [-0.15, -0.1) is 11.6 Å².